The molecule has 0 aromatic carbocycles. The Morgan fingerprint density at radius 1 is 1.36 bits per heavy atom. The van der Waals surface area contributed by atoms with Gasteiger partial charge in [0.25, 0.3) is 0 Å². The summed E-state index contributed by atoms with van der Waals surface area (Å²) >= 11 is 0. The predicted octanol–water partition coefficient (Wildman–Crippen LogP) is 1.15. The average molecular weight is 158 g/mol. The van der Waals surface area contributed by atoms with E-state index < -0.39 is 0 Å². The zero-order chi connectivity index (χ0) is 8.69. The summed E-state index contributed by atoms with van der Waals surface area (Å²) in [6.07, 6.45) is 0.721. The summed E-state index contributed by atoms with van der Waals surface area (Å²) in [4.78, 5) is 12.0. The van der Waals surface area contributed by atoms with Crippen molar-refractivity contribution < 1.29 is 9.53 Å². The third-order valence-electron chi connectivity index (χ3n) is 1.75. The second-order valence-corrected chi connectivity index (χ2v) is 2.29. The second-order valence-electron chi connectivity index (χ2n) is 2.29. The van der Waals surface area contributed by atoms with Crippen LogP contribution >= 0.6 is 0 Å². The molecule has 1 unspecified atom stereocenters. The number of carbonyl (C=O) groups excluding carboxylic acids is 1. The van der Waals surface area contributed by atoms with E-state index in [-0.39, 0.29) is 6.23 Å². The van der Waals surface area contributed by atoms with Gasteiger partial charge < -0.3 is 4.74 Å². The monoisotopic (exact) mass is 158 g/mol. The fraction of sp³-hybridized carbons (Fsp3) is 0.875. The van der Waals surface area contributed by atoms with Gasteiger partial charge in [-0.2, -0.15) is 0 Å². The summed E-state index contributed by atoms with van der Waals surface area (Å²) in [5.74, 6) is 0. The van der Waals surface area contributed by atoms with Crippen LogP contribution in [0.1, 0.15) is 27.2 Å². The quantitative estimate of drug-likeness (QED) is 0.543. The van der Waals surface area contributed by atoms with Crippen molar-refractivity contribution >= 4 is 6.47 Å². The molecule has 11 heavy (non-hydrogen) atoms. The molecule has 0 heterocycles. The van der Waals surface area contributed by atoms with Gasteiger partial charge >= 0.3 is 6.47 Å². The molecule has 0 aromatic rings. The Kier molecular flexibility index (Phi) is 5.84. The van der Waals surface area contributed by atoms with E-state index >= 15 is 0 Å². The largest absolute Gasteiger partial charge is 0.438 e. The van der Waals surface area contributed by atoms with Crippen molar-refractivity contribution in [3.05, 3.63) is 0 Å². The standard InChI is InChI=1S/C8H16NO2/c1-4-8(11-7-10)9(5-2)6-3/h8H,4-6H2,1-3H3. The van der Waals surface area contributed by atoms with E-state index in [1.54, 1.807) is 0 Å². The van der Waals surface area contributed by atoms with Gasteiger partial charge in [-0.15, -0.1) is 0 Å². The first-order chi connectivity index (χ1) is 5.29. The molecule has 0 aliphatic rings. The first-order valence-electron chi connectivity index (χ1n) is 4.06. The molecule has 1 atom stereocenters. The first-order valence-corrected chi connectivity index (χ1v) is 4.06. The summed E-state index contributed by atoms with van der Waals surface area (Å²) in [5.41, 5.74) is 0. The molecular weight excluding hydrogens is 142 g/mol. The van der Waals surface area contributed by atoms with Crippen molar-refractivity contribution in [3.63, 3.8) is 0 Å². The highest BCUT2D eigenvalue weighted by Gasteiger charge is 2.13. The van der Waals surface area contributed by atoms with Gasteiger partial charge in [-0.05, 0) is 19.5 Å². The maximum Gasteiger partial charge on any atom is 0.419 e. The first kappa shape index (κ1) is 10.4. The minimum Gasteiger partial charge on any atom is -0.438 e. The number of hydrogen-bond acceptors (Lipinski definition) is 3. The summed E-state index contributed by atoms with van der Waals surface area (Å²) < 4.78 is 4.76. The van der Waals surface area contributed by atoms with E-state index in [0.29, 0.717) is 0 Å². The highest BCUT2D eigenvalue weighted by atomic mass is 16.5. The van der Waals surface area contributed by atoms with Crippen LogP contribution in [0.3, 0.4) is 0 Å². The van der Waals surface area contributed by atoms with Crippen LogP contribution in [0.4, 0.5) is 0 Å². The maximum atomic E-state index is 9.94. The Bertz CT molecular complexity index is 102. The molecule has 0 rings (SSSR count). The minimum atomic E-state index is -0.0949. The van der Waals surface area contributed by atoms with E-state index in [9.17, 15) is 4.79 Å². The van der Waals surface area contributed by atoms with Gasteiger partial charge in [0.2, 0.25) is 0 Å². The highest BCUT2D eigenvalue weighted by molar-refractivity contribution is 5.38. The van der Waals surface area contributed by atoms with Gasteiger partial charge in [-0.1, -0.05) is 20.8 Å². The van der Waals surface area contributed by atoms with Crippen molar-refractivity contribution in [2.45, 2.75) is 33.4 Å². The van der Waals surface area contributed by atoms with E-state index in [1.807, 2.05) is 20.8 Å². The van der Waals surface area contributed by atoms with E-state index in [2.05, 4.69) is 4.90 Å². The third-order valence-corrected chi connectivity index (χ3v) is 1.75. The number of nitrogens with zero attached hydrogens (tertiary/aromatic N) is 1. The Morgan fingerprint density at radius 3 is 2.18 bits per heavy atom. The van der Waals surface area contributed by atoms with Crippen LogP contribution in [0.25, 0.3) is 0 Å². The molecule has 3 nitrogen and oxygen atoms in total. The summed E-state index contributed by atoms with van der Waals surface area (Å²) in [7, 11) is 0. The highest BCUT2D eigenvalue weighted by Crippen LogP contribution is 2.03. The number of hydrogen-bond donors (Lipinski definition) is 0. The molecule has 0 spiro atoms. The van der Waals surface area contributed by atoms with Gasteiger partial charge in [0.1, 0.15) is 0 Å². The molecule has 0 bridgehead atoms. The van der Waals surface area contributed by atoms with Gasteiger partial charge in [0, 0.05) is 0 Å². The molecule has 0 aliphatic carbocycles. The van der Waals surface area contributed by atoms with E-state index in [1.165, 1.54) is 6.47 Å². The molecule has 3 heteroatoms. The predicted molar refractivity (Wildman–Crippen MR) is 43.8 cm³/mol. The van der Waals surface area contributed by atoms with Crippen LogP contribution in [0.2, 0.25) is 0 Å². The van der Waals surface area contributed by atoms with Crippen LogP contribution in [0, 0.1) is 0 Å². The molecule has 1 radical (unpaired) electrons. The van der Waals surface area contributed by atoms with E-state index in [4.69, 9.17) is 4.74 Å². The Labute approximate surface area is 68.3 Å². The Morgan fingerprint density at radius 2 is 1.91 bits per heavy atom. The minimum absolute atomic E-state index is 0.0949. The SMILES string of the molecule is CCC(O[C]=O)N(CC)CC. The lowest BCUT2D eigenvalue weighted by Gasteiger charge is -2.25. The van der Waals surface area contributed by atoms with E-state index in [0.717, 1.165) is 19.5 Å². The number of ether oxygens (including phenoxy) is 1. The lowest BCUT2D eigenvalue weighted by atomic mass is 10.3. The number of rotatable bonds is 6. The molecule has 0 aliphatic heterocycles. The Balaban J connectivity index is 3.85. The molecule has 0 fully saturated rings. The molecule has 0 saturated heterocycles. The lowest BCUT2D eigenvalue weighted by molar-refractivity contribution is 0.0174. The zero-order valence-electron chi connectivity index (χ0n) is 7.46. The van der Waals surface area contributed by atoms with Gasteiger partial charge in [0.15, 0.2) is 6.23 Å². The van der Waals surface area contributed by atoms with Crippen molar-refractivity contribution in [2.24, 2.45) is 0 Å². The van der Waals surface area contributed by atoms with Gasteiger partial charge in [-0.25, -0.2) is 4.79 Å². The van der Waals surface area contributed by atoms with Crippen LogP contribution in [-0.4, -0.2) is 30.7 Å². The van der Waals surface area contributed by atoms with Crippen molar-refractivity contribution in [2.75, 3.05) is 13.1 Å². The van der Waals surface area contributed by atoms with Crippen LogP contribution < -0.4 is 0 Å². The lowest BCUT2D eigenvalue weighted by Crippen LogP contribution is -2.36. The fourth-order valence-electron chi connectivity index (χ4n) is 1.10. The summed E-state index contributed by atoms with van der Waals surface area (Å²) in [6, 6.07) is 0. The van der Waals surface area contributed by atoms with Crippen LogP contribution in [0.5, 0.6) is 0 Å². The zero-order valence-corrected chi connectivity index (χ0v) is 7.46. The molecule has 0 N–H and O–H groups in total. The molecular formula is C8H16NO2. The van der Waals surface area contributed by atoms with Crippen molar-refractivity contribution in [1.29, 1.82) is 0 Å². The maximum absolute atomic E-state index is 9.94. The normalized spacial score (nSPS) is 13.1. The summed E-state index contributed by atoms with van der Waals surface area (Å²) in [5, 5.41) is 0. The molecule has 0 amide bonds. The molecule has 0 aromatic heterocycles. The Hall–Kier alpha value is -0.570. The fourth-order valence-corrected chi connectivity index (χ4v) is 1.10. The smallest absolute Gasteiger partial charge is 0.419 e. The second kappa shape index (κ2) is 6.16. The topological polar surface area (TPSA) is 29.5 Å². The van der Waals surface area contributed by atoms with Crippen LogP contribution in [-0.2, 0) is 9.53 Å². The van der Waals surface area contributed by atoms with Crippen molar-refractivity contribution in [1.82, 2.24) is 4.90 Å². The molecule has 0 saturated carbocycles. The van der Waals surface area contributed by atoms with Gasteiger partial charge in [-0.3, -0.25) is 4.90 Å². The van der Waals surface area contributed by atoms with Gasteiger partial charge in [0.05, 0.1) is 0 Å². The average Bonchev–Trinajstić information content (AvgIpc) is 2.05. The third kappa shape index (κ3) is 3.37. The molecule has 65 valence electrons. The van der Waals surface area contributed by atoms with Crippen LogP contribution in [0.15, 0.2) is 0 Å². The summed E-state index contributed by atoms with van der Waals surface area (Å²) in [6.45, 7) is 9.35. The van der Waals surface area contributed by atoms with Crippen molar-refractivity contribution in [3.8, 4) is 0 Å².